The molecule has 0 spiro atoms. The Morgan fingerprint density at radius 3 is 2.89 bits per heavy atom. The van der Waals surface area contributed by atoms with Crippen molar-refractivity contribution in [2.45, 2.75) is 56.8 Å². The van der Waals surface area contributed by atoms with Crippen LogP contribution in [0.15, 0.2) is 30.5 Å². The van der Waals surface area contributed by atoms with E-state index in [0.29, 0.717) is 76.9 Å². The van der Waals surface area contributed by atoms with Gasteiger partial charge in [0.25, 0.3) is 0 Å². The number of nitrogens with zero attached hydrogens (tertiary/aromatic N) is 5. The second-order valence-corrected chi connectivity index (χ2v) is 13.2. The second kappa shape index (κ2) is 11.5. The molecule has 3 fully saturated rings. The molecule has 2 aromatic heterocycles. The summed E-state index contributed by atoms with van der Waals surface area (Å²) in [5, 5.41) is 23.6. The standard InChI is InChI=1S/C33H36ClF2N5O4/c1-3-22-25(36)6-5-19-11-21(42)12-23(26(19)22)28-27(34)29-24(14-37-28)30(40-9-10-44-17-32(2,43)16-40)39-31(38-29)45-18-33-7-4-8-41(33)15-20(35)13-33/h5-6,11-12,14,20,42-43H,3-4,7-10,13,15-18H2,1-2H3/t20-,32+,33+/m1/s1. The number of aliphatic hydroxyl groups is 1. The van der Waals surface area contributed by atoms with Crippen LogP contribution < -0.4 is 9.64 Å². The molecule has 0 bridgehead atoms. The summed E-state index contributed by atoms with van der Waals surface area (Å²) < 4.78 is 41.4. The van der Waals surface area contributed by atoms with Gasteiger partial charge < -0.3 is 24.6 Å². The molecule has 0 unspecified atom stereocenters. The summed E-state index contributed by atoms with van der Waals surface area (Å²) in [6.45, 7) is 6.24. The number of aryl methyl sites for hydroxylation is 1. The first-order valence-corrected chi connectivity index (χ1v) is 15.8. The molecule has 3 saturated heterocycles. The van der Waals surface area contributed by atoms with Crippen molar-refractivity contribution in [1.29, 1.82) is 0 Å². The monoisotopic (exact) mass is 639 g/mol. The van der Waals surface area contributed by atoms with Gasteiger partial charge in [0, 0.05) is 31.3 Å². The topological polar surface area (TPSA) is 104 Å². The average Bonchev–Trinajstić information content (AvgIpc) is 3.46. The lowest BCUT2D eigenvalue weighted by Crippen LogP contribution is -2.44. The lowest BCUT2D eigenvalue weighted by molar-refractivity contribution is -0.0123. The van der Waals surface area contributed by atoms with E-state index in [1.807, 2.05) is 11.8 Å². The number of β-amino-alcohol motifs (C(OH)–C–C–N with tert-alkyl or cyclic N) is 1. The van der Waals surface area contributed by atoms with E-state index in [0.717, 1.165) is 19.4 Å². The van der Waals surface area contributed by atoms with Crippen molar-refractivity contribution in [2.24, 2.45) is 0 Å². The van der Waals surface area contributed by atoms with Gasteiger partial charge in [-0.05, 0) is 67.3 Å². The summed E-state index contributed by atoms with van der Waals surface area (Å²) in [7, 11) is 0. The highest BCUT2D eigenvalue weighted by Gasteiger charge is 2.49. The Morgan fingerprint density at radius 1 is 1.22 bits per heavy atom. The predicted molar refractivity (Wildman–Crippen MR) is 168 cm³/mol. The van der Waals surface area contributed by atoms with Crippen LogP contribution in [0.5, 0.6) is 11.8 Å². The molecule has 5 heterocycles. The molecule has 7 rings (SSSR count). The maximum absolute atomic E-state index is 15.0. The zero-order chi connectivity index (χ0) is 31.5. The molecule has 9 nitrogen and oxygen atoms in total. The minimum atomic E-state index is -1.14. The zero-order valence-electron chi connectivity index (χ0n) is 25.3. The maximum atomic E-state index is 15.0. The number of alkyl halides is 1. The molecule has 45 heavy (non-hydrogen) atoms. The number of halogens is 3. The summed E-state index contributed by atoms with van der Waals surface area (Å²) in [5.74, 6) is 0.108. The van der Waals surface area contributed by atoms with Crippen LogP contribution in [0, 0.1) is 5.82 Å². The first-order chi connectivity index (χ1) is 21.6. The third kappa shape index (κ3) is 5.43. The van der Waals surface area contributed by atoms with Gasteiger partial charge in [-0.15, -0.1) is 0 Å². The quantitative estimate of drug-likeness (QED) is 0.285. The molecule has 0 radical (unpaired) electrons. The molecule has 3 aliphatic heterocycles. The Hall–Kier alpha value is -3.38. The predicted octanol–water partition coefficient (Wildman–Crippen LogP) is 5.45. The number of hydrogen-bond donors (Lipinski definition) is 2. The van der Waals surface area contributed by atoms with Crippen molar-refractivity contribution in [1.82, 2.24) is 19.9 Å². The Labute approximate surface area is 264 Å². The Balaban J connectivity index is 1.39. The fourth-order valence-electron chi connectivity index (χ4n) is 7.38. The summed E-state index contributed by atoms with van der Waals surface area (Å²) >= 11 is 7.14. The van der Waals surface area contributed by atoms with Crippen LogP contribution in [0.3, 0.4) is 0 Å². The number of aromatic nitrogens is 3. The van der Waals surface area contributed by atoms with Gasteiger partial charge in [-0.2, -0.15) is 9.97 Å². The molecule has 2 aromatic carbocycles. The van der Waals surface area contributed by atoms with E-state index in [1.54, 1.807) is 25.3 Å². The number of hydrogen-bond acceptors (Lipinski definition) is 9. The molecule has 238 valence electrons. The Kier molecular flexibility index (Phi) is 7.71. The highest BCUT2D eigenvalue weighted by Crippen LogP contribution is 2.43. The van der Waals surface area contributed by atoms with Gasteiger partial charge in [-0.3, -0.25) is 9.88 Å². The summed E-state index contributed by atoms with van der Waals surface area (Å²) in [4.78, 5) is 18.3. The number of aromatic hydroxyl groups is 1. The number of benzene rings is 2. The van der Waals surface area contributed by atoms with Gasteiger partial charge >= 0.3 is 6.01 Å². The Morgan fingerprint density at radius 2 is 2.07 bits per heavy atom. The molecular weight excluding hydrogens is 604 g/mol. The molecule has 3 aliphatic rings. The van der Waals surface area contributed by atoms with E-state index in [1.165, 1.54) is 12.1 Å². The van der Waals surface area contributed by atoms with Crippen LogP contribution in [0.25, 0.3) is 32.9 Å². The van der Waals surface area contributed by atoms with Crippen molar-refractivity contribution in [3.63, 3.8) is 0 Å². The fraction of sp³-hybridized carbons (Fsp3) is 0.485. The molecule has 2 N–H and O–H groups in total. The van der Waals surface area contributed by atoms with E-state index < -0.39 is 17.3 Å². The Bertz CT molecular complexity index is 1790. The van der Waals surface area contributed by atoms with Crippen molar-refractivity contribution in [2.75, 3.05) is 50.9 Å². The number of fused-ring (bicyclic) bond motifs is 3. The highest BCUT2D eigenvalue weighted by molar-refractivity contribution is 6.38. The zero-order valence-corrected chi connectivity index (χ0v) is 26.1. The SMILES string of the molecule is CCc1c(F)ccc2cc(O)cc(-c3ncc4c(N5CCOC[C@@](C)(O)C5)nc(OC[C@@]56CCCN5C[C@H](F)C6)nc4c3Cl)c12. The van der Waals surface area contributed by atoms with Crippen molar-refractivity contribution >= 4 is 39.1 Å². The molecule has 0 saturated carbocycles. The van der Waals surface area contributed by atoms with Crippen LogP contribution in [0.4, 0.5) is 14.6 Å². The lowest BCUT2D eigenvalue weighted by atomic mass is 9.94. The van der Waals surface area contributed by atoms with E-state index in [9.17, 15) is 19.0 Å². The van der Waals surface area contributed by atoms with E-state index in [4.69, 9.17) is 36.0 Å². The van der Waals surface area contributed by atoms with E-state index in [2.05, 4.69) is 4.90 Å². The van der Waals surface area contributed by atoms with Crippen molar-refractivity contribution in [3.05, 3.63) is 46.9 Å². The number of pyridine rings is 1. The average molecular weight is 640 g/mol. The number of phenols is 1. The van der Waals surface area contributed by atoms with Crippen LogP contribution in [0.2, 0.25) is 5.02 Å². The lowest BCUT2D eigenvalue weighted by Gasteiger charge is -2.31. The number of rotatable bonds is 6. The van der Waals surface area contributed by atoms with Gasteiger partial charge in [0.2, 0.25) is 0 Å². The molecule has 12 heteroatoms. The van der Waals surface area contributed by atoms with Gasteiger partial charge in [-0.1, -0.05) is 24.6 Å². The fourth-order valence-corrected chi connectivity index (χ4v) is 7.67. The van der Waals surface area contributed by atoms with Gasteiger partial charge in [0.1, 0.15) is 41.3 Å². The minimum absolute atomic E-state index is 0.00794. The molecule has 4 aromatic rings. The number of anilines is 1. The number of phenolic OH excluding ortho intramolecular Hbond substituents is 1. The van der Waals surface area contributed by atoms with E-state index >= 15 is 0 Å². The molecular formula is C33H36ClF2N5O4. The molecule has 3 atom stereocenters. The highest BCUT2D eigenvalue weighted by atomic mass is 35.5. The van der Waals surface area contributed by atoms with E-state index in [-0.39, 0.29) is 42.4 Å². The third-order valence-electron chi connectivity index (χ3n) is 9.39. The normalized spacial score (nSPS) is 25.6. The summed E-state index contributed by atoms with van der Waals surface area (Å²) in [5.41, 5.74) is 0.0878. The van der Waals surface area contributed by atoms with Gasteiger partial charge in [-0.25, -0.2) is 8.78 Å². The van der Waals surface area contributed by atoms with Crippen LogP contribution in [0.1, 0.15) is 38.7 Å². The molecule has 0 amide bonds. The van der Waals surface area contributed by atoms with Crippen molar-refractivity contribution in [3.8, 4) is 23.0 Å². The number of ether oxygens (including phenoxy) is 2. The maximum Gasteiger partial charge on any atom is 0.319 e. The summed E-state index contributed by atoms with van der Waals surface area (Å²) in [6.07, 6.45) is 3.33. The van der Waals surface area contributed by atoms with Crippen molar-refractivity contribution < 1.29 is 28.5 Å². The molecule has 0 aliphatic carbocycles. The third-order valence-corrected chi connectivity index (χ3v) is 9.74. The van der Waals surface area contributed by atoms with Crippen LogP contribution in [-0.2, 0) is 11.2 Å². The first-order valence-electron chi connectivity index (χ1n) is 15.5. The first kappa shape index (κ1) is 30.3. The second-order valence-electron chi connectivity index (χ2n) is 12.8. The summed E-state index contributed by atoms with van der Waals surface area (Å²) in [6, 6.07) is 6.21. The van der Waals surface area contributed by atoms with Gasteiger partial charge in [0.15, 0.2) is 0 Å². The largest absolute Gasteiger partial charge is 0.508 e. The van der Waals surface area contributed by atoms with Gasteiger partial charge in [0.05, 0.1) is 41.4 Å². The minimum Gasteiger partial charge on any atom is -0.508 e. The smallest absolute Gasteiger partial charge is 0.319 e. The van der Waals surface area contributed by atoms with Crippen LogP contribution in [-0.4, -0.2) is 93.4 Å². The van der Waals surface area contributed by atoms with Crippen LogP contribution >= 0.6 is 11.6 Å².